The molecule has 2 amide bonds. The maximum atomic E-state index is 13.1. The van der Waals surface area contributed by atoms with Gasteiger partial charge in [-0.1, -0.05) is 12.1 Å². The molecule has 0 radical (unpaired) electrons. The molecule has 30 heavy (non-hydrogen) atoms. The van der Waals surface area contributed by atoms with Crippen LogP contribution in [0.3, 0.4) is 0 Å². The summed E-state index contributed by atoms with van der Waals surface area (Å²) in [5, 5.41) is 2.15. The molecule has 162 valence electrons. The van der Waals surface area contributed by atoms with Crippen molar-refractivity contribution >= 4 is 21.7 Å². The predicted molar refractivity (Wildman–Crippen MR) is 99.3 cm³/mol. The first kappa shape index (κ1) is 21.9. The smallest absolute Gasteiger partial charge is 0.416 e. The monoisotopic (exact) mass is 444 g/mol. The molecule has 1 aliphatic rings. The van der Waals surface area contributed by atoms with E-state index in [-0.39, 0.29) is 23.8 Å². The van der Waals surface area contributed by atoms with Gasteiger partial charge in [-0.2, -0.15) is 13.2 Å². The lowest BCUT2D eigenvalue weighted by molar-refractivity contribution is -0.137. The van der Waals surface area contributed by atoms with Gasteiger partial charge in [0, 0.05) is 25.8 Å². The SMILES string of the molecule is CS(=O)(=O)c1ccc(C(=O)NC(CN2CCCC2=O)c2cccc(C(F)(F)F)c2)o1. The molecule has 1 N–H and O–H groups in total. The molecule has 7 nitrogen and oxygen atoms in total. The van der Waals surface area contributed by atoms with E-state index in [9.17, 15) is 31.2 Å². The Balaban J connectivity index is 1.89. The van der Waals surface area contributed by atoms with Gasteiger partial charge < -0.3 is 14.6 Å². The third-order valence-corrected chi connectivity index (χ3v) is 5.62. The Morgan fingerprint density at radius 3 is 2.57 bits per heavy atom. The van der Waals surface area contributed by atoms with Crippen molar-refractivity contribution in [2.45, 2.75) is 30.2 Å². The minimum absolute atomic E-state index is 0.0223. The summed E-state index contributed by atoms with van der Waals surface area (Å²) in [6.45, 7) is 0.411. The zero-order chi connectivity index (χ0) is 22.1. The van der Waals surface area contributed by atoms with Gasteiger partial charge >= 0.3 is 6.18 Å². The molecule has 1 aromatic heterocycles. The number of carbonyl (C=O) groups is 2. The Labute approximate surface area is 170 Å². The lowest BCUT2D eigenvalue weighted by Crippen LogP contribution is -2.38. The number of rotatable bonds is 6. The van der Waals surface area contributed by atoms with Gasteiger partial charge in [0.25, 0.3) is 5.91 Å². The maximum absolute atomic E-state index is 13.1. The first-order valence-electron chi connectivity index (χ1n) is 9.01. The van der Waals surface area contributed by atoms with Crippen LogP contribution >= 0.6 is 0 Å². The van der Waals surface area contributed by atoms with Crippen molar-refractivity contribution in [1.29, 1.82) is 0 Å². The standard InChI is InChI=1S/C19H19F3N2O5S/c1-30(27,28)17-8-7-15(29-17)18(26)23-14(11-24-9-3-6-16(24)25)12-4-2-5-13(10-12)19(20,21)22/h2,4-5,7-8,10,14H,3,6,9,11H2,1H3,(H,23,26). The van der Waals surface area contributed by atoms with Crippen LogP contribution in [0, 0.1) is 0 Å². The first-order valence-corrected chi connectivity index (χ1v) is 10.9. The van der Waals surface area contributed by atoms with E-state index in [1.807, 2.05) is 0 Å². The first-order chi connectivity index (χ1) is 13.9. The highest BCUT2D eigenvalue weighted by atomic mass is 32.2. The molecule has 0 bridgehead atoms. The lowest BCUT2D eigenvalue weighted by atomic mass is 10.0. The van der Waals surface area contributed by atoms with Crippen LogP contribution in [0.2, 0.25) is 0 Å². The predicted octanol–water partition coefficient (Wildman–Crippen LogP) is 2.80. The quantitative estimate of drug-likeness (QED) is 0.739. The van der Waals surface area contributed by atoms with Crippen LogP contribution in [-0.4, -0.2) is 44.5 Å². The normalized spacial score (nSPS) is 16.0. The summed E-state index contributed by atoms with van der Waals surface area (Å²) in [5.41, 5.74) is -0.725. The summed E-state index contributed by atoms with van der Waals surface area (Å²) < 4.78 is 67.5. The third kappa shape index (κ3) is 5.02. The van der Waals surface area contributed by atoms with E-state index in [1.54, 1.807) is 0 Å². The number of nitrogens with one attached hydrogen (secondary N) is 1. The fraction of sp³-hybridized carbons (Fsp3) is 0.368. The summed E-state index contributed by atoms with van der Waals surface area (Å²) in [6, 6.07) is 5.80. The van der Waals surface area contributed by atoms with E-state index >= 15 is 0 Å². The summed E-state index contributed by atoms with van der Waals surface area (Å²) in [6.07, 6.45) is -2.70. The number of hydrogen-bond acceptors (Lipinski definition) is 5. The summed E-state index contributed by atoms with van der Waals surface area (Å²) in [5.74, 6) is -1.27. The number of hydrogen-bond donors (Lipinski definition) is 1. The molecule has 1 fully saturated rings. The van der Waals surface area contributed by atoms with Crippen LogP contribution in [0.25, 0.3) is 0 Å². The van der Waals surface area contributed by atoms with Crippen LogP contribution in [0.15, 0.2) is 45.9 Å². The van der Waals surface area contributed by atoms with Crippen molar-refractivity contribution in [3.05, 3.63) is 53.3 Å². The van der Waals surface area contributed by atoms with Gasteiger partial charge in [-0.05, 0) is 36.2 Å². The van der Waals surface area contributed by atoms with Crippen molar-refractivity contribution < 1.29 is 35.6 Å². The summed E-state index contributed by atoms with van der Waals surface area (Å²) >= 11 is 0. The average Bonchev–Trinajstić information content (AvgIpc) is 3.30. The second kappa shape index (κ2) is 8.13. The highest BCUT2D eigenvalue weighted by Gasteiger charge is 2.32. The van der Waals surface area contributed by atoms with E-state index in [4.69, 9.17) is 4.42 Å². The molecule has 1 aliphatic heterocycles. The van der Waals surface area contributed by atoms with Crippen molar-refractivity contribution in [2.24, 2.45) is 0 Å². The van der Waals surface area contributed by atoms with Crippen LogP contribution in [0.5, 0.6) is 0 Å². The van der Waals surface area contributed by atoms with Crippen molar-refractivity contribution in [2.75, 3.05) is 19.3 Å². The highest BCUT2D eigenvalue weighted by molar-refractivity contribution is 7.90. The number of alkyl halides is 3. The number of benzene rings is 1. The van der Waals surface area contributed by atoms with Crippen molar-refractivity contribution in [1.82, 2.24) is 10.2 Å². The molecular formula is C19H19F3N2O5S. The van der Waals surface area contributed by atoms with Crippen molar-refractivity contribution in [3.63, 3.8) is 0 Å². The molecule has 2 heterocycles. The largest absolute Gasteiger partial charge is 0.440 e. The number of halogens is 3. The fourth-order valence-corrected chi connectivity index (χ4v) is 3.71. The molecule has 0 aliphatic carbocycles. The van der Waals surface area contributed by atoms with Gasteiger partial charge in [0.05, 0.1) is 11.6 Å². The molecule has 3 rings (SSSR count). The van der Waals surface area contributed by atoms with Crippen LogP contribution < -0.4 is 5.32 Å². The van der Waals surface area contributed by atoms with Gasteiger partial charge in [-0.3, -0.25) is 9.59 Å². The molecule has 1 atom stereocenters. The van der Waals surface area contributed by atoms with Gasteiger partial charge in [-0.15, -0.1) is 0 Å². The molecule has 2 aromatic rings. The minimum Gasteiger partial charge on any atom is -0.440 e. The molecule has 0 saturated carbocycles. The Kier molecular flexibility index (Phi) is 5.93. The van der Waals surface area contributed by atoms with E-state index in [0.29, 0.717) is 19.4 Å². The van der Waals surface area contributed by atoms with Gasteiger partial charge in [0.2, 0.25) is 20.8 Å². The van der Waals surface area contributed by atoms with Crippen molar-refractivity contribution in [3.8, 4) is 0 Å². The number of nitrogens with zero attached hydrogens (tertiary/aromatic N) is 1. The number of amides is 2. The van der Waals surface area contributed by atoms with E-state index in [1.165, 1.54) is 17.0 Å². The summed E-state index contributed by atoms with van der Waals surface area (Å²) in [7, 11) is -3.67. The van der Waals surface area contributed by atoms with E-state index in [2.05, 4.69) is 5.32 Å². The molecule has 0 spiro atoms. The number of furan rings is 1. The maximum Gasteiger partial charge on any atom is 0.416 e. The minimum atomic E-state index is -4.57. The molecule has 1 unspecified atom stereocenters. The third-order valence-electron chi connectivity index (χ3n) is 4.67. The molecular weight excluding hydrogens is 425 g/mol. The zero-order valence-electron chi connectivity index (χ0n) is 15.9. The number of carbonyl (C=O) groups excluding carboxylic acids is 2. The number of likely N-dealkylation sites (tertiary alicyclic amines) is 1. The van der Waals surface area contributed by atoms with Crippen LogP contribution in [-0.2, 0) is 20.8 Å². The van der Waals surface area contributed by atoms with E-state index in [0.717, 1.165) is 30.5 Å². The van der Waals surface area contributed by atoms with Gasteiger partial charge in [-0.25, -0.2) is 8.42 Å². The van der Waals surface area contributed by atoms with E-state index < -0.39 is 38.6 Å². The van der Waals surface area contributed by atoms with Crippen LogP contribution in [0.4, 0.5) is 13.2 Å². The van der Waals surface area contributed by atoms with Gasteiger partial charge in [0.1, 0.15) is 0 Å². The lowest BCUT2D eigenvalue weighted by Gasteiger charge is -2.25. The fourth-order valence-electron chi connectivity index (χ4n) is 3.15. The Bertz CT molecular complexity index is 1060. The second-order valence-corrected chi connectivity index (χ2v) is 8.93. The molecule has 1 saturated heterocycles. The Morgan fingerprint density at radius 1 is 1.27 bits per heavy atom. The molecule has 11 heteroatoms. The highest BCUT2D eigenvalue weighted by Crippen LogP contribution is 2.31. The Morgan fingerprint density at radius 2 is 2.00 bits per heavy atom. The second-order valence-electron chi connectivity index (χ2n) is 6.98. The topological polar surface area (TPSA) is 96.7 Å². The zero-order valence-corrected chi connectivity index (χ0v) is 16.7. The number of sulfone groups is 1. The van der Waals surface area contributed by atoms with Gasteiger partial charge in [0.15, 0.2) is 5.76 Å². The molecule has 1 aromatic carbocycles. The van der Waals surface area contributed by atoms with Crippen LogP contribution in [0.1, 0.15) is 40.6 Å². The Hall–Kier alpha value is -2.82. The average molecular weight is 444 g/mol. The summed E-state index contributed by atoms with van der Waals surface area (Å²) in [4.78, 5) is 26.0.